The molecule has 1 N–H and O–H groups in total. The molecule has 0 bridgehead atoms. The Hall–Kier alpha value is -2.90. The monoisotopic (exact) mass is 412 g/mol. The van der Waals surface area contributed by atoms with Gasteiger partial charge in [0.05, 0.1) is 25.3 Å². The molecule has 0 aliphatic carbocycles. The lowest BCUT2D eigenvalue weighted by Gasteiger charge is -2.37. The summed E-state index contributed by atoms with van der Waals surface area (Å²) in [6, 6.07) is 16.8. The fraction of sp³-hybridized carbons (Fsp3) is 0.273. The van der Waals surface area contributed by atoms with Crippen molar-refractivity contribution < 1.29 is 19.0 Å². The lowest BCUT2D eigenvalue weighted by Crippen LogP contribution is -2.48. The highest BCUT2D eigenvalue weighted by atomic mass is 32.1. The number of nitrogens with one attached hydrogen (secondary N) is 1. The Morgan fingerprint density at radius 3 is 2.38 bits per heavy atom. The number of thiocarbonyl (C=S) groups is 1. The molecule has 2 aromatic carbocycles. The summed E-state index contributed by atoms with van der Waals surface area (Å²) >= 11 is 5.65. The lowest BCUT2D eigenvalue weighted by atomic mass is 9.95. The zero-order valence-corrected chi connectivity index (χ0v) is 17.5. The topological polar surface area (TPSA) is 60.0 Å². The van der Waals surface area contributed by atoms with E-state index in [-0.39, 0.29) is 6.61 Å². The molecule has 0 saturated carbocycles. The van der Waals surface area contributed by atoms with Crippen LogP contribution in [0.3, 0.4) is 0 Å². The van der Waals surface area contributed by atoms with Crippen LogP contribution in [-0.4, -0.2) is 38.5 Å². The number of ether oxygens (including phenoxy) is 3. The molecule has 0 amide bonds. The second-order valence-electron chi connectivity index (χ2n) is 6.45. The zero-order valence-electron chi connectivity index (χ0n) is 16.7. The van der Waals surface area contributed by atoms with Crippen molar-refractivity contribution in [2.24, 2.45) is 0 Å². The van der Waals surface area contributed by atoms with Gasteiger partial charge in [-0.1, -0.05) is 30.3 Å². The number of anilines is 1. The summed E-state index contributed by atoms with van der Waals surface area (Å²) in [6.45, 7) is 2.39. The molecule has 7 heteroatoms. The van der Waals surface area contributed by atoms with E-state index in [4.69, 9.17) is 26.4 Å². The molecule has 0 spiro atoms. The van der Waals surface area contributed by atoms with E-state index in [1.807, 2.05) is 66.4 Å². The van der Waals surface area contributed by atoms with Crippen molar-refractivity contribution in [2.45, 2.75) is 13.0 Å². The first kappa shape index (κ1) is 20.8. The minimum Gasteiger partial charge on any atom is -0.497 e. The van der Waals surface area contributed by atoms with Crippen molar-refractivity contribution in [3.8, 4) is 5.75 Å². The Bertz CT molecular complexity index is 897. The number of hydrogen-bond acceptors (Lipinski definition) is 5. The van der Waals surface area contributed by atoms with E-state index in [9.17, 15) is 4.79 Å². The van der Waals surface area contributed by atoms with E-state index < -0.39 is 12.0 Å². The number of hydrogen-bond donors (Lipinski definition) is 1. The normalized spacial score (nSPS) is 16.4. The Morgan fingerprint density at radius 2 is 1.76 bits per heavy atom. The molecule has 1 aliphatic rings. The Balaban J connectivity index is 2.03. The summed E-state index contributed by atoms with van der Waals surface area (Å²) in [5, 5.41) is 3.81. The fourth-order valence-corrected chi connectivity index (χ4v) is 3.60. The molecule has 0 aromatic heterocycles. The van der Waals surface area contributed by atoms with Gasteiger partial charge in [-0.2, -0.15) is 0 Å². The van der Waals surface area contributed by atoms with Crippen molar-refractivity contribution in [2.75, 3.05) is 32.3 Å². The lowest BCUT2D eigenvalue weighted by molar-refractivity contribution is -0.140. The maximum absolute atomic E-state index is 13.0. The summed E-state index contributed by atoms with van der Waals surface area (Å²) in [5.74, 6) is 0.342. The van der Waals surface area contributed by atoms with Crippen molar-refractivity contribution in [3.63, 3.8) is 0 Å². The first-order valence-electron chi connectivity index (χ1n) is 9.23. The molecular formula is C22H24N2O4S. The summed E-state index contributed by atoms with van der Waals surface area (Å²) in [4.78, 5) is 14.8. The van der Waals surface area contributed by atoms with Crippen molar-refractivity contribution >= 4 is 29.0 Å². The largest absolute Gasteiger partial charge is 0.497 e. The van der Waals surface area contributed by atoms with Gasteiger partial charge in [-0.15, -0.1) is 0 Å². The average Bonchev–Trinajstić information content (AvgIpc) is 2.74. The van der Waals surface area contributed by atoms with Crippen molar-refractivity contribution in [1.29, 1.82) is 0 Å². The van der Waals surface area contributed by atoms with Gasteiger partial charge in [0.25, 0.3) is 0 Å². The van der Waals surface area contributed by atoms with Crippen LogP contribution in [0.2, 0.25) is 0 Å². The average molecular weight is 413 g/mol. The molecule has 6 nitrogen and oxygen atoms in total. The van der Waals surface area contributed by atoms with E-state index in [2.05, 4.69) is 5.32 Å². The molecule has 0 fully saturated rings. The van der Waals surface area contributed by atoms with E-state index >= 15 is 0 Å². The van der Waals surface area contributed by atoms with Gasteiger partial charge < -0.3 is 19.5 Å². The van der Waals surface area contributed by atoms with Gasteiger partial charge >= 0.3 is 5.97 Å². The first-order valence-corrected chi connectivity index (χ1v) is 9.64. The number of allylic oxidation sites excluding steroid dienone is 1. The second kappa shape index (κ2) is 9.54. The highest BCUT2D eigenvalue weighted by molar-refractivity contribution is 7.80. The van der Waals surface area contributed by atoms with Crippen LogP contribution in [0.15, 0.2) is 65.9 Å². The third-order valence-electron chi connectivity index (χ3n) is 4.69. The van der Waals surface area contributed by atoms with Gasteiger partial charge in [0.2, 0.25) is 0 Å². The van der Waals surface area contributed by atoms with E-state index in [1.54, 1.807) is 14.2 Å². The van der Waals surface area contributed by atoms with Crippen LogP contribution in [0.5, 0.6) is 5.75 Å². The molecule has 0 radical (unpaired) electrons. The third-order valence-corrected chi connectivity index (χ3v) is 4.99. The summed E-state index contributed by atoms with van der Waals surface area (Å²) in [5.41, 5.74) is 2.99. The van der Waals surface area contributed by atoms with E-state index in [1.165, 1.54) is 0 Å². The molecule has 1 heterocycles. The maximum Gasteiger partial charge on any atom is 0.338 e. The minimum atomic E-state index is -0.401. The quantitative estimate of drug-likeness (QED) is 0.424. The Morgan fingerprint density at radius 1 is 1.07 bits per heavy atom. The van der Waals surface area contributed by atoms with Crippen LogP contribution >= 0.6 is 12.2 Å². The molecule has 2 aromatic rings. The molecule has 1 atom stereocenters. The summed E-state index contributed by atoms with van der Waals surface area (Å²) in [7, 11) is 3.18. The van der Waals surface area contributed by atoms with Gasteiger partial charge in [0.1, 0.15) is 12.4 Å². The highest BCUT2D eigenvalue weighted by Crippen LogP contribution is 2.34. The number of nitrogens with zero attached hydrogens (tertiary/aromatic N) is 1. The third kappa shape index (κ3) is 4.58. The predicted molar refractivity (Wildman–Crippen MR) is 116 cm³/mol. The molecule has 0 saturated heterocycles. The van der Waals surface area contributed by atoms with Crippen LogP contribution < -0.4 is 15.0 Å². The van der Waals surface area contributed by atoms with Crippen LogP contribution in [0.4, 0.5) is 5.69 Å². The van der Waals surface area contributed by atoms with Gasteiger partial charge in [-0.25, -0.2) is 4.79 Å². The first-order chi connectivity index (χ1) is 14.1. The van der Waals surface area contributed by atoms with Gasteiger partial charge in [0.15, 0.2) is 5.11 Å². The van der Waals surface area contributed by atoms with Crippen LogP contribution in [0.25, 0.3) is 0 Å². The van der Waals surface area contributed by atoms with Crippen LogP contribution in [0.1, 0.15) is 18.5 Å². The Kier molecular flexibility index (Phi) is 6.85. The summed E-state index contributed by atoms with van der Waals surface area (Å²) < 4.78 is 15.7. The highest BCUT2D eigenvalue weighted by Gasteiger charge is 2.35. The number of carbonyl (C=O) groups is 1. The van der Waals surface area contributed by atoms with Crippen LogP contribution in [0, 0.1) is 0 Å². The molecule has 3 rings (SSSR count). The second-order valence-corrected chi connectivity index (χ2v) is 6.84. The number of benzene rings is 2. The summed E-state index contributed by atoms with van der Waals surface area (Å²) in [6.07, 6.45) is 0. The van der Waals surface area contributed by atoms with E-state index in [0.717, 1.165) is 22.7 Å². The number of methoxy groups -OCH3 is 2. The van der Waals surface area contributed by atoms with Crippen molar-refractivity contribution in [3.05, 3.63) is 71.4 Å². The zero-order chi connectivity index (χ0) is 20.8. The van der Waals surface area contributed by atoms with Gasteiger partial charge in [0, 0.05) is 18.5 Å². The predicted octanol–water partition coefficient (Wildman–Crippen LogP) is 3.59. The number of rotatable bonds is 7. The van der Waals surface area contributed by atoms with Crippen LogP contribution in [-0.2, 0) is 14.3 Å². The number of esters is 1. The Labute approximate surface area is 176 Å². The fourth-order valence-electron chi connectivity index (χ4n) is 3.24. The van der Waals surface area contributed by atoms with Gasteiger partial charge in [-0.05, 0) is 49.0 Å². The molecule has 1 aliphatic heterocycles. The van der Waals surface area contributed by atoms with Crippen molar-refractivity contribution in [1.82, 2.24) is 5.32 Å². The SMILES string of the molecule is COCCOC(=O)C1=C(C)N(c2ccc(OC)cc2)C(=S)N[C@@H]1c1ccccc1. The minimum absolute atomic E-state index is 0.181. The van der Waals surface area contributed by atoms with E-state index in [0.29, 0.717) is 17.3 Å². The molecular weight excluding hydrogens is 388 g/mol. The molecule has 0 unspecified atom stereocenters. The molecule has 29 heavy (non-hydrogen) atoms. The van der Waals surface area contributed by atoms with Gasteiger partial charge in [-0.3, -0.25) is 4.90 Å². The molecule has 152 valence electrons. The maximum atomic E-state index is 13.0. The smallest absolute Gasteiger partial charge is 0.338 e. The standard InChI is InChI=1S/C22H24N2O4S/c1-15-19(21(25)28-14-13-26-2)20(16-7-5-4-6-8-16)23-22(29)24(15)17-9-11-18(27-3)12-10-17/h4-12,20H,13-14H2,1-3H3,(H,23,29)/t20-/m1/s1. The number of carbonyl (C=O) groups excluding carboxylic acids is 1.